The minimum atomic E-state index is -0.948. The highest BCUT2D eigenvalue weighted by Crippen LogP contribution is 2.38. The van der Waals surface area contributed by atoms with Crippen LogP contribution in [0.2, 0.25) is 0 Å². The number of rotatable bonds is 2. The summed E-state index contributed by atoms with van der Waals surface area (Å²) in [6.45, 7) is 1.02. The molecular weight excluding hydrogens is 228 g/mol. The van der Waals surface area contributed by atoms with Gasteiger partial charge in [-0.2, -0.15) is 0 Å². The molecule has 2 heterocycles. The summed E-state index contributed by atoms with van der Waals surface area (Å²) in [4.78, 5) is 17.6. The van der Waals surface area contributed by atoms with E-state index in [4.69, 9.17) is 5.11 Å². The highest BCUT2D eigenvalue weighted by Gasteiger charge is 2.36. The molecule has 0 bridgehead atoms. The van der Waals surface area contributed by atoms with Crippen molar-refractivity contribution in [2.24, 2.45) is 5.92 Å². The molecular formula is C14H18N2O2. The lowest BCUT2D eigenvalue weighted by Gasteiger charge is -2.32. The third kappa shape index (κ3) is 1.96. The van der Waals surface area contributed by atoms with Gasteiger partial charge >= 0.3 is 5.97 Å². The molecule has 96 valence electrons. The van der Waals surface area contributed by atoms with Gasteiger partial charge in [0.15, 0.2) is 5.69 Å². The first-order valence-corrected chi connectivity index (χ1v) is 6.73. The number of hydrogen-bond acceptors (Lipinski definition) is 3. The molecule has 0 amide bonds. The second-order valence-corrected chi connectivity index (χ2v) is 5.28. The summed E-state index contributed by atoms with van der Waals surface area (Å²) in [5.74, 6) is 0.676. The van der Waals surface area contributed by atoms with Gasteiger partial charge in [0.25, 0.3) is 0 Å². The van der Waals surface area contributed by atoms with E-state index in [9.17, 15) is 4.79 Å². The van der Waals surface area contributed by atoms with Crippen LogP contribution in [-0.4, -0.2) is 28.6 Å². The van der Waals surface area contributed by atoms with Gasteiger partial charge in [0, 0.05) is 12.6 Å². The zero-order chi connectivity index (χ0) is 12.5. The fourth-order valence-electron chi connectivity index (χ4n) is 3.39. The number of aromatic nitrogens is 1. The molecule has 2 fully saturated rings. The fourth-order valence-corrected chi connectivity index (χ4v) is 3.39. The SMILES string of the molecule is O=C(O)c1cccc(N2CCC3CCCCC32)n1. The van der Waals surface area contributed by atoms with Crippen LogP contribution in [-0.2, 0) is 0 Å². The van der Waals surface area contributed by atoms with Crippen LogP contribution in [0, 0.1) is 5.92 Å². The number of aromatic carboxylic acids is 1. The average Bonchev–Trinajstić information content (AvgIpc) is 2.82. The van der Waals surface area contributed by atoms with Crippen molar-refractivity contribution in [1.29, 1.82) is 0 Å². The first kappa shape index (κ1) is 11.5. The predicted molar refractivity (Wildman–Crippen MR) is 68.9 cm³/mol. The number of nitrogens with zero attached hydrogens (tertiary/aromatic N) is 2. The maximum Gasteiger partial charge on any atom is 0.354 e. The largest absolute Gasteiger partial charge is 0.477 e. The number of pyridine rings is 1. The van der Waals surface area contributed by atoms with Crippen molar-refractivity contribution in [3.8, 4) is 0 Å². The van der Waals surface area contributed by atoms with Crippen molar-refractivity contribution in [2.75, 3.05) is 11.4 Å². The standard InChI is InChI=1S/C14H18N2O2/c17-14(18)11-5-3-7-13(15-11)16-9-8-10-4-1-2-6-12(10)16/h3,5,7,10,12H,1-2,4,6,8-9H2,(H,17,18). The zero-order valence-corrected chi connectivity index (χ0v) is 10.4. The first-order valence-electron chi connectivity index (χ1n) is 6.73. The Labute approximate surface area is 107 Å². The van der Waals surface area contributed by atoms with Crippen LogP contribution < -0.4 is 4.90 Å². The molecule has 1 saturated carbocycles. The van der Waals surface area contributed by atoms with E-state index in [1.54, 1.807) is 12.1 Å². The minimum absolute atomic E-state index is 0.145. The number of anilines is 1. The molecule has 2 unspecified atom stereocenters. The maximum absolute atomic E-state index is 11.0. The average molecular weight is 246 g/mol. The molecule has 1 saturated heterocycles. The Morgan fingerprint density at radius 1 is 1.28 bits per heavy atom. The van der Waals surface area contributed by atoms with Gasteiger partial charge < -0.3 is 10.0 Å². The molecule has 0 radical (unpaired) electrons. The van der Waals surface area contributed by atoms with E-state index in [1.807, 2.05) is 6.07 Å². The van der Waals surface area contributed by atoms with Gasteiger partial charge in [-0.05, 0) is 37.3 Å². The summed E-state index contributed by atoms with van der Waals surface area (Å²) in [6, 6.07) is 5.86. The number of hydrogen-bond donors (Lipinski definition) is 1. The van der Waals surface area contributed by atoms with E-state index in [-0.39, 0.29) is 5.69 Å². The second kappa shape index (κ2) is 4.59. The van der Waals surface area contributed by atoms with Gasteiger partial charge in [-0.1, -0.05) is 18.9 Å². The van der Waals surface area contributed by atoms with E-state index in [0.717, 1.165) is 18.3 Å². The van der Waals surface area contributed by atoms with Gasteiger partial charge in [-0.3, -0.25) is 0 Å². The molecule has 1 aromatic heterocycles. The number of fused-ring (bicyclic) bond motifs is 1. The van der Waals surface area contributed by atoms with E-state index in [2.05, 4.69) is 9.88 Å². The lowest BCUT2D eigenvalue weighted by Crippen LogP contribution is -2.35. The topological polar surface area (TPSA) is 53.4 Å². The zero-order valence-electron chi connectivity index (χ0n) is 10.4. The minimum Gasteiger partial charge on any atom is -0.477 e. The number of carboxylic acids is 1. The van der Waals surface area contributed by atoms with E-state index in [1.165, 1.54) is 32.1 Å². The van der Waals surface area contributed by atoms with Gasteiger partial charge in [0.1, 0.15) is 5.82 Å². The molecule has 2 atom stereocenters. The lowest BCUT2D eigenvalue weighted by molar-refractivity contribution is 0.0690. The molecule has 3 rings (SSSR count). The highest BCUT2D eigenvalue weighted by atomic mass is 16.4. The molecule has 0 aromatic carbocycles. The summed E-state index contributed by atoms with van der Waals surface area (Å²) >= 11 is 0. The third-order valence-corrected chi connectivity index (χ3v) is 4.26. The number of carboxylic acid groups (broad SMARTS) is 1. The summed E-state index contributed by atoms with van der Waals surface area (Å²) in [6.07, 6.45) is 6.40. The molecule has 1 N–H and O–H groups in total. The summed E-state index contributed by atoms with van der Waals surface area (Å²) in [5, 5.41) is 9.00. The Morgan fingerprint density at radius 2 is 2.11 bits per heavy atom. The molecule has 2 aliphatic rings. The Kier molecular flexibility index (Phi) is 2.94. The summed E-state index contributed by atoms with van der Waals surface area (Å²) in [7, 11) is 0. The third-order valence-electron chi connectivity index (χ3n) is 4.26. The van der Waals surface area contributed by atoms with E-state index < -0.39 is 5.97 Å². The van der Waals surface area contributed by atoms with Crippen molar-refractivity contribution in [1.82, 2.24) is 4.98 Å². The van der Waals surface area contributed by atoms with E-state index >= 15 is 0 Å². The summed E-state index contributed by atoms with van der Waals surface area (Å²) in [5.41, 5.74) is 0.145. The van der Waals surface area contributed by atoms with Gasteiger partial charge in [-0.25, -0.2) is 9.78 Å². The van der Waals surface area contributed by atoms with Crippen LogP contribution in [0.5, 0.6) is 0 Å². The van der Waals surface area contributed by atoms with Crippen molar-refractivity contribution in [2.45, 2.75) is 38.1 Å². The van der Waals surface area contributed by atoms with Crippen molar-refractivity contribution in [3.05, 3.63) is 23.9 Å². The normalized spacial score (nSPS) is 27.0. The van der Waals surface area contributed by atoms with Gasteiger partial charge in [0.05, 0.1) is 0 Å². The summed E-state index contributed by atoms with van der Waals surface area (Å²) < 4.78 is 0. The molecule has 1 aromatic rings. The van der Waals surface area contributed by atoms with Crippen LogP contribution in [0.15, 0.2) is 18.2 Å². The van der Waals surface area contributed by atoms with E-state index in [0.29, 0.717) is 6.04 Å². The quantitative estimate of drug-likeness (QED) is 0.871. The smallest absolute Gasteiger partial charge is 0.354 e. The van der Waals surface area contributed by atoms with Crippen LogP contribution in [0.25, 0.3) is 0 Å². The number of carbonyl (C=O) groups is 1. The van der Waals surface area contributed by atoms with Crippen molar-refractivity contribution < 1.29 is 9.90 Å². The second-order valence-electron chi connectivity index (χ2n) is 5.28. The Hall–Kier alpha value is -1.58. The van der Waals surface area contributed by atoms with Gasteiger partial charge in [0.2, 0.25) is 0 Å². The van der Waals surface area contributed by atoms with Crippen molar-refractivity contribution >= 4 is 11.8 Å². The van der Waals surface area contributed by atoms with Crippen LogP contribution >= 0.6 is 0 Å². The van der Waals surface area contributed by atoms with Crippen LogP contribution in [0.1, 0.15) is 42.6 Å². The van der Waals surface area contributed by atoms with Crippen LogP contribution in [0.3, 0.4) is 0 Å². The molecule has 18 heavy (non-hydrogen) atoms. The van der Waals surface area contributed by atoms with Gasteiger partial charge in [-0.15, -0.1) is 0 Å². The lowest BCUT2D eigenvalue weighted by atomic mass is 9.85. The first-order chi connectivity index (χ1) is 8.75. The molecule has 1 aliphatic heterocycles. The fraction of sp³-hybridized carbons (Fsp3) is 0.571. The Bertz CT molecular complexity index is 461. The monoisotopic (exact) mass is 246 g/mol. The maximum atomic E-state index is 11.0. The molecule has 1 aliphatic carbocycles. The Morgan fingerprint density at radius 3 is 2.94 bits per heavy atom. The molecule has 4 nitrogen and oxygen atoms in total. The predicted octanol–water partition coefficient (Wildman–Crippen LogP) is 2.55. The van der Waals surface area contributed by atoms with Crippen LogP contribution in [0.4, 0.5) is 5.82 Å². The highest BCUT2D eigenvalue weighted by molar-refractivity contribution is 5.85. The molecule has 4 heteroatoms. The van der Waals surface area contributed by atoms with Crippen molar-refractivity contribution in [3.63, 3.8) is 0 Å². The molecule has 0 spiro atoms. The Balaban J connectivity index is 1.86.